The van der Waals surface area contributed by atoms with Gasteiger partial charge in [-0.25, -0.2) is 13.4 Å². The molecule has 130 valence electrons. The SMILES string of the molecule is COc1ccc(-c2ccc(CNc3ncccc3S(C)(=O)=O)s2)cc1. The molecule has 5 nitrogen and oxygen atoms in total. The van der Waals surface area contributed by atoms with E-state index in [1.165, 1.54) is 6.26 Å². The molecule has 2 aromatic heterocycles. The van der Waals surface area contributed by atoms with Crippen molar-refractivity contribution in [3.63, 3.8) is 0 Å². The molecule has 0 saturated carbocycles. The lowest BCUT2D eigenvalue weighted by Crippen LogP contribution is -2.07. The predicted octanol–water partition coefficient (Wildman–Crippen LogP) is 3.83. The van der Waals surface area contributed by atoms with Crippen molar-refractivity contribution in [3.05, 3.63) is 59.6 Å². The Kier molecular flexibility index (Phi) is 5.06. The Morgan fingerprint density at radius 1 is 1.12 bits per heavy atom. The normalized spacial score (nSPS) is 11.3. The Labute approximate surface area is 151 Å². The second-order valence-electron chi connectivity index (χ2n) is 5.47. The van der Waals surface area contributed by atoms with Gasteiger partial charge in [-0.15, -0.1) is 11.3 Å². The molecule has 0 unspecified atom stereocenters. The standard InChI is InChI=1S/C18H18N2O3S2/c1-23-14-7-5-13(6-8-14)16-10-9-15(24-16)12-20-18-17(25(2,21)22)4-3-11-19-18/h3-11H,12H2,1-2H3,(H,19,20). The van der Waals surface area contributed by atoms with E-state index in [2.05, 4.69) is 16.4 Å². The van der Waals surface area contributed by atoms with E-state index < -0.39 is 9.84 Å². The third-order valence-electron chi connectivity index (χ3n) is 3.64. The largest absolute Gasteiger partial charge is 0.497 e. The van der Waals surface area contributed by atoms with Crippen LogP contribution in [0.3, 0.4) is 0 Å². The molecule has 0 radical (unpaired) electrons. The minimum atomic E-state index is -3.32. The fourth-order valence-electron chi connectivity index (χ4n) is 2.38. The highest BCUT2D eigenvalue weighted by Gasteiger charge is 2.14. The number of sulfone groups is 1. The number of rotatable bonds is 6. The molecule has 2 heterocycles. The van der Waals surface area contributed by atoms with Crippen LogP contribution in [0.2, 0.25) is 0 Å². The van der Waals surface area contributed by atoms with Crippen molar-refractivity contribution in [2.45, 2.75) is 11.4 Å². The van der Waals surface area contributed by atoms with Gasteiger partial charge in [0.1, 0.15) is 16.5 Å². The molecule has 0 spiro atoms. The molecule has 25 heavy (non-hydrogen) atoms. The molecule has 0 amide bonds. The zero-order valence-corrected chi connectivity index (χ0v) is 15.5. The van der Waals surface area contributed by atoms with Crippen LogP contribution in [0.15, 0.2) is 59.6 Å². The number of aromatic nitrogens is 1. The first-order chi connectivity index (χ1) is 12.0. The molecular weight excluding hydrogens is 356 g/mol. The summed E-state index contributed by atoms with van der Waals surface area (Å²) in [5.74, 6) is 1.20. The Morgan fingerprint density at radius 3 is 2.56 bits per heavy atom. The first-order valence-electron chi connectivity index (χ1n) is 7.59. The lowest BCUT2D eigenvalue weighted by molar-refractivity contribution is 0.415. The van der Waals surface area contributed by atoms with Gasteiger partial charge in [0.25, 0.3) is 0 Å². The van der Waals surface area contributed by atoms with E-state index in [1.54, 1.807) is 36.8 Å². The molecule has 1 aromatic carbocycles. The summed E-state index contributed by atoms with van der Waals surface area (Å²) in [5, 5.41) is 3.12. The van der Waals surface area contributed by atoms with Crippen LogP contribution < -0.4 is 10.1 Å². The molecule has 0 saturated heterocycles. The van der Waals surface area contributed by atoms with E-state index in [0.717, 1.165) is 21.1 Å². The summed E-state index contributed by atoms with van der Waals surface area (Å²) < 4.78 is 28.8. The molecule has 0 atom stereocenters. The van der Waals surface area contributed by atoms with E-state index in [-0.39, 0.29) is 4.90 Å². The maximum Gasteiger partial charge on any atom is 0.179 e. The quantitative estimate of drug-likeness (QED) is 0.710. The minimum Gasteiger partial charge on any atom is -0.497 e. The summed E-state index contributed by atoms with van der Waals surface area (Å²) in [6.07, 6.45) is 2.76. The smallest absolute Gasteiger partial charge is 0.179 e. The van der Waals surface area contributed by atoms with E-state index in [0.29, 0.717) is 12.4 Å². The van der Waals surface area contributed by atoms with Gasteiger partial charge in [-0.1, -0.05) is 0 Å². The lowest BCUT2D eigenvalue weighted by atomic mass is 10.2. The average Bonchev–Trinajstić information content (AvgIpc) is 3.08. The van der Waals surface area contributed by atoms with Crippen molar-refractivity contribution in [2.75, 3.05) is 18.7 Å². The van der Waals surface area contributed by atoms with Gasteiger partial charge < -0.3 is 10.1 Å². The van der Waals surface area contributed by atoms with Gasteiger partial charge in [-0.2, -0.15) is 0 Å². The van der Waals surface area contributed by atoms with Gasteiger partial charge in [-0.05, 0) is 54.1 Å². The summed E-state index contributed by atoms with van der Waals surface area (Å²) in [6, 6.07) is 15.2. The van der Waals surface area contributed by atoms with Crippen molar-refractivity contribution in [1.82, 2.24) is 4.98 Å². The van der Waals surface area contributed by atoms with Crippen LogP contribution in [0.5, 0.6) is 5.75 Å². The van der Waals surface area contributed by atoms with Gasteiger partial charge in [0, 0.05) is 22.2 Å². The zero-order valence-electron chi connectivity index (χ0n) is 13.9. The molecule has 0 aliphatic heterocycles. The third kappa shape index (κ3) is 4.18. The number of methoxy groups -OCH3 is 1. The summed E-state index contributed by atoms with van der Waals surface area (Å²) in [4.78, 5) is 6.59. The average molecular weight is 374 g/mol. The summed E-state index contributed by atoms with van der Waals surface area (Å²) in [7, 11) is -1.67. The molecule has 1 N–H and O–H groups in total. The van der Waals surface area contributed by atoms with Crippen LogP contribution in [0.25, 0.3) is 10.4 Å². The molecule has 0 aliphatic rings. The fraction of sp³-hybridized carbons (Fsp3) is 0.167. The van der Waals surface area contributed by atoms with Crippen LogP contribution in [0.1, 0.15) is 4.88 Å². The zero-order chi connectivity index (χ0) is 17.9. The number of ether oxygens (including phenoxy) is 1. The maximum absolute atomic E-state index is 11.8. The number of benzene rings is 1. The number of pyridine rings is 1. The predicted molar refractivity (Wildman–Crippen MR) is 101 cm³/mol. The van der Waals surface area contributed by atoms with Crippen LogP contribution in [0.4, 0.5) is 5.82 Å². The van der Waals surface area contributed by atoms with Gasteiger partial charge >= 0.3 is 0 Å². The molecule has 0 bridgehead atoms. The Hall–Kier alpha value is -2.38. The summed E-state index contributed by atoms with van der Waals surface area (Å²) >= 11 is 1.65. The van der Waals surface area contributed by atoms with Gasteiger partial charge in [0.2, 0.25) is 0 Å². The second-order valence-corrected chi connectivity index (χ2v) is 8.62. The van der Waals surface area contributed by atoms with Crippen LogP contribution in [0, 0.1) is 0 Å². The first kappa shape index (κ1) is 17.4. The van der Waals surface area contributed by atoms with E-state index in [9.17, 15) is 8.42 Å². The van der Waals surface area contributed by atoms with E-state index >= 15 is 0 Å². The fourth-order valence-corrected chi connectivity index (χ4v) is 4.13. The number of hydrogen-bond acceptors (Lipinski definition) is 6. The highest BCUT2D eigenvalue weighted by molar-refractivity contribution is 7.90. The van der Waals surface area contributed by atoms with E-state index in [1.807, 2.05) is 30.3 Å². The highest BCUT2D eigenvalue weighted by atomic mass is 32.2. The Bertz CT molecular complexity index is 964. The molecule has 0 fully saturated rings. The third-order valence-corrected chi connectivity index (χ3v) is 5.90. The number of nitrogens with zero attached hydrogens (tertiary/aromatic N) is 1. The van der Waals surface area contributed by atoms with Gasteiger partial charge in [0.15, 0.2) is 9.84 Å². The van der Waals surface area contributed by atoms with Crippen LogP contribution >= 0.6 is 11.3 Å². The minimum absolute atomic E-state index is 0.210. The van der Waals surface area contributed by atoms with E-state index in [4.69, 9.17) is 4.74 Å². The van der Waals surface area contributed by atoms with Crippen molar-refractivity contribution in [1.29, 1.82) is 0 Å². The Morgan fingerprint density at radius 2 is 1.88 bits per heavy atom. The first-order valence-corrected chi connectivity index (χ1v) is 10.3. The molecule has 7 heteroatoms. The highest BCUT2D eigenvalue weighted by Crippen LogP contribution is 2.30. The second kappa shape index (κ2) is 7.25. The summed E-state index contributed by atoms with van der Waals surface area (Å²) in [6.45, 7) is 0.514. The Balaban J connectivity index is 1.74. The number of nitrogens with one attached hydrogen (secondary N) is 1. The van der Waals surface area contributed by atoms with Crippen molar-refractivity contribution in [3.8, 4) is 16.2 Å². The molecule has 3 aromatic rings. The van der Waals surface area contributed by atoms with Crippen LogP contribution in [-0.2, 0) is 16.4 Å². The van der Waals surface area contributed by atoms with Crippen molar-refractivity contribution < 1.29 is 13.2 Å². The van der Waals surface area contributed by atoms with Gasteiger partial charge in [0.05, 0.1) is 13.7 Å². The molecule has 3 rings (SSSR count). The summed E-state index contributed by atoms with van der Waals surface area (Å²) in [5.41, 5.74) is 1.12. The van der Waals surface area contributed by atoms with Crippen molar-refractivity contribution >= 4 is 27.0 Å². The topological polar surface area (TPSA) is 68.3 Å². The molecule has 0 aliphatic carbocycles. The number of hydrogen-bond donors (Lipinski definition) is 1. The lowest BCUT2D eigenvalue weighted by Gasteiger charge is -2.08. The monoisotopic (exact) mass is 374 g/mol. The van der Waals surface area contributed by atoms with Crippen LogP contribution in [-0.4, -0.2) is 26.8 Å². The van der Waals surface area contributed by atoms with Gasteiger partial charge in [-0.3, -0.25) is 0 Å². The number of thiophene rings is 1. The maximum atomic E-state index is 11.8. The number of anilines is 1. The molecular formula is C18H18N2O3S2. The van der Waals surface area contributed by atoms with Crippen molar-refractivity contribution in [2.24, 2.45) is 0 Å².